The Morgan fingerprint density at radius 1 is 1.47 bits per heavy atom. The van der Waals surface area contributed by atoms with Crippen LogP contribution in [0, 0.1) is 18.3 Å². The maximum Gasteiger partial charge on any atom is 0.0621 e. The molecule has 4 heteroatoms. The van der Waals surface area contributed by atoms with Crippen LogP contribution < -0.4 is 5.32 Å². The van der Waals surface area contributed by atoms with E-state index in [9.17, 15) is 0 Å². The summed E-state index contributed by atoms with van der Waals surface area (Å²) in [7, 11) is 0. The summed E-state index contributed by atoms with van der Waals surface area (Å²) >= 11 is 0. The molecule has 0 atom stereocenters. The van der Waals surface area contributed by atoms with Crippen molar-refractivity contribution in [3.05, 3.63) is 18.0 Å². The molecule has 4 nitrogen and oxygen atoms in total. The average molecular weight is 206 g/mol. The molecular formula is C11H18N4. The monoisotopic (exact) mass is 206 g/mol. The Morgan fingerprint density at radius 3 is 3.00 bits per heavy atom. The average Bonchev–Trinajstić information content (AvgIpc) is 2.63. The molecule has 0 unspecified atom stereocenters. The molecule has 1 rings (SSSR count). The minimum atomic E-state index is 0.667. The number of aryl methyl sites for hydroxylation is 1. The van der Waals surface area contributed by atoms with Crippen LogP contribution in [0.2, 0.25) is 0 Å². The highest BCUT2D eigenvalue weighted by Crippen LogP contribution is 1.93. The third-order valence-corrected chi connectivity index (χ3v) is 2.17. The Bertz CT molecular complexity index is 311. The highest BCUT2D eigenvalue weighted by molar-refractivity contribution is 4.99. The highest BCUT2D eigenvalue weighted by Gasteiger charge is 1.93. The molecule has 0 aromatic carbocycles. The van der Waals surface area contributed by atoms with Gasteiger partial charge in [0.2, 0.25) is 0 Å². The Balaban J connectivity index is 1.96. The van der Waals surface area contributed by atoms with Gasteiger partial charge in [0.05, 0.1) is 18.8 Å². The predicted octanol–water partition coefficient (Wildman–Crippen LogP) is 1.47. The zero-order chi connectivity index (χ0) is 10.9. The summed E-state index contributed by atoms with van der Waals surface area (Å²) in [6.07, 6.45) is 6.64. The van der Waals surface area contributed by atoms with Crippen LogP contribution in [-0.2, 0) is 6.54 Å². The van der Waals surface area contributed by atoms with Gasteiger partial charge in [-0.25, -0.2) is 0 Å². The molecule has 1 heterocycles. The second kappa shape index (κ2) is 7.02. The molecule has 15 heavy (non-hydrogen) atoms. The third kappa shape index (κ3) is 5.18. The number of nitrogens with one attached hydrogen (secondary N) is 1. The highest BCUT2D eigenvalue weighted by atomic mass is 15.3. The number of hydrogen-bond donors (Lipinski definition) is 1. The van der Waals surface area contributed by atoms with Gasteiger partial charge in [0, 0.05) is 19.2 Å². The van der Waals surface area contributed by atoms with E-state index in [1.54, 1.807) is 0 Å². The van der Waals surface area contributed by atoms with Crippen LogP contribution in [0.25, 0.3) is 0 Å². The first-order valence-corrected chi connectivity index (χ1v) is 5.39. The number of hydrogen-bond acceptors (Lipinski definition) is 3. The number of rotatable bonds is 7. The van der Waals surface area contributed by atoms with E-state index in [4.69, 9.17) is 5.26 Å². The molecule has 0 aliphatic carbocycles. The fourth-order valence-corrected chi connectivity index (χ4v) is 1.36. The molecule has 1 aromatic rings. The maximum atomic E-state index is 8.34. The Morgan fingerprint density at radius 2 is 2.33 bits per heavy atom. The lowest BCUT2D eigenvalue weighted by Gasteiger charge is -2.03. The third-order valence-electron chi connectivity index (χ3n) is 2.17. The van der Waals surface area contributed by atoms with E-state index in [1.165, 1.54) is 5.56 Å². The van der Waals surface area contributed by atoms with E-state index in [2.05, 4.69) is 16.5 Å². The molecule has 0 aliphatic rings. The standard InChI is InChI=1S/C11H18N4/c1-11-9-14-15(10-11)8-7-13-6-4-2-3-5-12/h9-10,13H,2-4,6-8H2,1H3. The molecule has 1 aromatic heterocycles. The van der Waals surface area contributed by atoms with E-state index in [0.717, 1.165) is 32.5 Å². The van der Waals surface area contributed by atoms with Crippen molar-refractivity contribution in [3.63, 3.8) is 0 Å². The van der Waals surface area contributed by atoms with E-state index >= 15 is 0 Å². The van der Waals surface area contributed by atoms with Crippen LogP contribution in [0.3, 0.4) is 0 Å². The fraction of sp³-hybridized carbons (Fsp3) is 0.636. The second-order valence-corrected chi connectivity index (χ2v) is 3.65. The molecule has 0 amide bonds. The van der Waals surface area contributed by atoms with Gasteiger partial charge in [0.1, 0.15) is 0 Å². The number of nitriles is 1. The molecule has 0 aliphatic heterocycles. The minimum Gasteiger partial charge on any atom is -0.315 e. The molecule has 0 bridgehead atoms. The number of unbranched alkanes of at least 4 members (excludes halogenated alkanes) is 2. The van der Waals surface area contributed by atoms with Gasteiger partial charge in [-0.3, -0.25) is 4.68 Å². The summed E-state index contributed by atoms with van der Waals surface area (Å²) in [4.78, 5) is 0. The minimum absolute atomic E-state index is 0.667. The summed E-state index contributed by atoms with van der Waals surface area (Å²) in [5.41, 5.74) is 1.20. The largest absolute Gasteiger partial charge is 0.315 e. The van der Waals surface area contributed by atoms with Crippen molar-refractivity contribution in [1.29, 1.82) is 5.26 Å². The van der Waals surface area contributed by atoms with Crippen molar-refractivity contribution >= 4 is 0 Å². The van der Waals surface area contributed by atoms with Gasteiger partial charge in [-0.15, -0.1) is 0 Å². The molecule has 0 saturated carbocycles. The molecular weight excluding hydrogens is 188 g/mol. The summed E-state index contributed by atoms with van der Waals surface area (Å²) in [6, 6.07) is 2.15. The van der Waals surface area contributed by atoms with Gasteiger partial charge < -0.3 is 5.32 Å². The van der Waals surface area contributed by atoms with Crippen molar-refractivity contribution in [1.82, 2.24) is 15.1 Å². The zero-order valence-electron chi connectivity index (χ0n) is 9.24. The van der Waals surface area contributed by atoms with Gasteiger partial charge in [-0.2, -0.15) is 10.4 Å². The summed E-state index contributed by atoms with van der Waals surface area (Å²) in [6.45, 7) is 4.88. The smallest absolute Gasteiger partial charge is 0.0621 e. The SMILES string of the molecule is Cc1cnn(CCNCCCCC#N)c1. The molecule has 0 spiro atoms. The quantitative estimate of drug-likeness (QED) is 0.687. The van der Waals surface area contributed by atoms with Crippen LogP contribution in [-0.4, -0.2) is 22.9 Å². The Kier molecular flexibility index (Phi) is 5.49. The number of nitrogens with zero attached hydrogens (tertiary/aromatic N) is 3. The van der Waals surface area contributed by atoms with Gasteiger partial charge in [0.15, 0.2) is 0 Å². The first-order valence-electron chi connectivity index (χ1n) is 5.39. The molecule has 0 radical (unpaired) electrons. The van der Waals surface area contributed by atoms with Crippen molar-refractivity contribution in [3.8, 4) is 6.07 Å². The molecule has 0 saturated heterocycles. The van der Waals surface area contributed by atoms with Gasteiger partial charge in [-0.1, -0.05) is 0 Å². The number of aromatic nitrogens is 2. The lowest BCUT2D eigenvalue weighted by Crippen LogP contribution is -2.21. The lowest BCUT2D eigenvalue weighted by molar-refractivity contribution is 0.542. The summed E-state index contributed by atoms with van der Waals surface area (Å²) in [5.74, 6) is 0. The lowest BCUT2D eigenvalue weighted by atomic mass is 10.2. The van der Waals surface area contributed by atoms with E-state index < -0.39 is 0 Å². The van der Waals surface area contributed by atoms with Gasteiger partial charge >= 0.3 is 0 Å². The second-order valence-electron chi connectivity index (χ2n) is 3.65. The normalized spacial score (nSPS) is 10.1. The first kappa shape index (κ1) is 11.7. The van der Waals surface area contributed by atoms with E-state index in [1.807, 2.05) is 24.0 Å². The van der Waals surface area contributed by atoms with Gasteiger partial charge in [-0.05, 0) is 31.9 Å². The van der Waals surface area contributed by atoms with Crippen molar-refractivity contribution in [2.24, 2.45) is 0 Å². The van der Waals surface area contributed by atoms with Crippen LogP contribution >= 0.6 is 0 Å². The van der Waals surface area contributed by atoms with E-state index in [0.29, 0.717) is 6.42 Å². The summed E-state index contributed by atoms with van der Waals surface area (Å²) < 4.78 is 1.94. The fourth-order valence-electron chi connectivity index (χ4n) is 1.36. The summed E-state index contributed by atoms with van der Waals surface area (Å²) in [5, 5.41) is 15.9. The van der Waals surface area contributed by atoms with Gasteiger partial charge in [0.25, 0.3) is 0 Å². The maximum absolute atomic E-state index is 8.34. The Hall–Kier alpha value is -1.34. The topological polar surface area (TPSA) is 53.6 Å². The Labute approximate surface area is 90.9 Å². The van der Waals surface area contributed by atoms with E-state index in [-0.39, 0.29) is 0 Å². The van der Waals surface area contributed by atoms with Crippen LogP contribution in [0.1, 0.15) is 24.8 Å². The van der Waals surface area contributed by atoms with Crippen molar-refractivity contribution in [2.45, 2.75) is 32.7 Å². The van der Waals surface area contributed by atoms with Crippen LogP contribution in [0.4, 0.5) is 0 Å². The van der Waals surface area contributed by atoms with Crippen LogP contribution in [0.5, 0.6) is 0 Å². The molecule has 1 N–H and O–H groups in total. The first-order chi connectivity index (χ1) is 7.33. The van der Waals surface area contributed by atoms with Crippen molar-refractivity contribution < 1.29 is 0 Å². The zero-order valence-corrected chi connectivity index (χ0v) is 9.24. The van der Waals surface area contributed by atoms with Crippen LogP contribution in [0.15, 0.2) is 12.4 Å². The molecule has 82 valence electrons. The molecule has 0 fully saturated rings. The van der Waals surface area contributed by atoms with Crippen molar-refractivity contribution in [2.75, 3.05) is 13.1 Å². The predicted molar refractivity (Wildman–Crippen MR) is 59.3 cm³/mol.